The summed E-state index contributed by atoms with van der Waals surface area (Å²) in [5, 5.41) is 0. The number of aryl methyl sites for hydroxylation is 1. The summed E-state index contributed by atoms with van der Waals surface area (Å²) in [7, 11) is -3.45. The second-order valence-electron chi connectivity index (χ2n) is 5.29. The molecule has 1 atom stereocenters. The van der Waals surface area contributed by atoms with E-state index in [4.69, 9.17) is 5.73 Å². The molecule has 112 valence electrons. The molecule has 0 heterocycles. The Hall–Kier alpha value is -2.01. The molecule has 0 aliphatic heterocycles. The van der Waals surface area contributed by atoms with Crippen LogP contribution in [-0.2, 0) is 10.0 Å². The highest BCUT2D eigenvalue weighted by molar-refractivity contribution is 7.92. The lowest BCUT2D eigenvalue weighted by Crippen LogP contribution is -2.21. The molecule has 2 rings (SSSR count). The number of benzene rings is 2. The Morgan fingerprint density at radius 1 is 1.14 bits per heavy atom. The number of hydrogen-bond acceptors (Lipinski definition) is 3. The van der Waals surface area contributed by atoms with Gasteiger partial charge in [-0.25, -0.2) is 8.42 Å². The first-order chi connectivity index (χ1) is 9.87. The lowest BCUT2D eigenvalue weighted by Gasteiger charge is -2.15. The minimum atomic E-state index is -3.45. The van der Waals surface area contributed by atoms with Crippen molar-refractivity contribution in [2.45, 2.75) is 19.8 Å². The second kappa shape index (κ2) is 6.18. The van der Waals surface area contributed by atoms with Crippen molar-refractivity contribution in [2.24, 2.45) is 0 Å². The number of rotatable bonds is 5. The van der Waals surface area contributed by atoms with Crippen molar-refractivity contribution in [2.75, 3.05) is 16.2 Å². The van der Waals surface area contributed by atoms with Crippen LogP contribution in [0, 0.1) is 6.92 Å². The quantitative estimate of drug-likeness (QED) is 0.834. The van der Waals surface area contributed by atoms with Crippen molar-refractivity contribution in [1.29, 1.82) is 0 Å². The first kappa shape index (κ1) is 15.4. The summed E-state index contributed by atoms with van der Waals surface area (Å²) in [5.74, 6) is -0.0694. The summed E-state index contributed by atoms with van der Waals surface area (Å²) in [4.78, 5) is 0. The Morgan fingerprint density at radius 3 is 2.43 bits per heavy atom. The van der Waals surface area contributed by atoms with Crippen LogP contribution in [0.5, 0.6) is 0 Å². The predicted octanol–water partition coefficient (Wildman–Crippen LogP) is 3.12. The number of anilines is 2. The van der Waals surface area contributed by atoms with Crippen LogP contribution in [0.15, 0.2) is 48.5 Å². The summed E-state index contributed by atoms with van der Waals surface area (Å²) in [6, 6.07) is 14.9. The number of nitrogens with one attached hydrogen (secondary N) is 1. The lowest BCUT2D eigenvalue weighted by atomic mass is 10.0. The third-order valence-electron chi connectivity index (χ3n) is 3.31. The van der Waals surface area contributed by atoms with Gasteiger partial charge in [0.25, 0.3) is 0 Å². The molecule has 4 nitrogen and oxygen atoms in total. The van der Waals surface area contributed by atoms with Gasteiger partial charge in [-0.3, -0.25) is 4.72 Å². The smallest absolute Gasteiger partial charge is 0.233 e. The largest absolute Gasteiger partial charge is 0.397 e. The zero-order valence-corrected chi connectivity index (χ0v) is 13.0. The van der Waals surface area contributed by atoms with Crippen LogP contribution in [0.1, 0.15) is 24.0 Å². The first-order valence-electron chi connectivity index (χ1n) is 6.79. The Labute approximate surface area is 126 Å². The third-order valence-corrected chi connectivity index (χ3v) is 4.78. The fraction of sp³-hybridized carbons (Fsp3) is 0.250. The van der Waals surface area contributed by atoms with Gasteiger partial charge in [0.2, 0.25) is 10.0 Å². The summed E-state index contributed by atoms with van der Waals surface area (Å²) < 4.78 is 27.1. The monoisotopic (exact) mass is 304 g/mol. The van der Waals surface area contributed by atoms with Crippen molar-refractivity contribution in [3.8, 4) is 0 Å². The van der Waals surface area contributed by atoms with Crippen molar-refractivity contribution in [3.05, 3.63) is 59.7 Å². The maximum absolute atomic E-state index is 12.3. The van der Waals surface area contributed by atoms with Crippen LogP contribution in [0.25, 0.3) is 0 Å². The van der Waals surface area contributed by atoms with E-state index in [2.05, 4.69) is 4.72 Å². The highest BCUT2D eigenvalue weighted by Gasteiger charge is 2.18. The number of sulfonamides is 1. The fourth-order valence-electron chi connectivity index (χ4n) is 2.19. The van der Waals surface area contributed by atoms with Gasteiger partial charge in [0.1, 0.15) is 0 Å². The molecule has 3 N–H and O–H groups in total. The summed E-state index contributed by atoms with van der Waals surface area (Å²) in [6.45, 7) is 3.80. The standard InChI is InChI=1S/C16H20N2O2S/c1-12-8-9-16(15(17)10-12)18-21(19,20)11-13(2)14-6-4-3-5-7-14/h3-10,13,18H,11,17H2,1-2H3. The van der Waals surface area contributed by atoms with Crippen LogP contribution >= 0.6 is 0 Å². The molecule has 1 unspecified atom stereocenters. The van der Waals surface area contributed by atoms with Crippen LogP contribution in [0.3, 0.4) is 0 Å². The Kier molecular flexibility index (Phi) is 4.53. The lowest BCUT2D eigenvalue weighted by molar-refractivity contribution is 0.595. The topological polar surface area (TPSA) is 72.2 Å². The Bertz CT molecular complexity index is 712. The Morgan fingerprint density at radius 2 is 1.81 bits per heavy atom. The molecule has 0 aromatic heterocycles. The van der Waals surface area contributed by atoms with Gasteiger partial charge in [0, 0.05) is 0 Å². The molecule has 0 radical (unpaired) electrons. The van der Waals surface area contributed by atoms with Crippen LogP contribution < -0.4 is 10.5 Å². The van der Waals surface area contributed by atoms with E-state index < -0.39 is 10.0 Å². The maximum atomic E-state index is 12.3. The van der Waals surface area contributed by atoms with Crippen molar-refractivity contribution in [1.82, 2.24) is 0 Å². The molecular weight excluding hydrogens is 284 g/mol. The van der Waals surface area contributed by atoms with Gasteiger partial charge in [-0.2, -0.15) is 0 Å². The van der Waals surface area contributed by atoms with E-state index in [1.807, 2.05) is 50.2 Å². The first-order valence-corrected chi connectivity index (χ1v) is 8.44. The van der Waals surface area contributed by atoms with Gasteiger partial charge in [-0.15, -0.1) is 0 Å². The molecule has 0 saturated heterocycles. The van der Waals surface area contributed by atoms with E-state index in [9.17, 15) is 8.42 Å². The molecule has 5 heteroatoms. The molecule has 0 aliphatic carbocycles. The fourth-order valence-corrected chi connectivity index (χ4v) is 3.65. The highest BCUT2D eigenvalue weighted by atomic mass is 32.2. The number of nitrogen functional groups attached to an aromatic ring is 1. The van der Waals surface area contributed by atoms with Crippen LogP contribution in [0.4, 0.5) is 11.4 Å². The van der Waals surface area contributed by atoms with Gasteiger partial charge >= 0.3 is 0 Å². The zero-order chi connectivity index (χ0) is 15.5. The SMILES string of the molecule is Cc1ccc(NS(=O)(=O)CC(C)c2ccccc2)c(N)c1. The molecule has 0 fully saturated rings. The second-order valence-corrected chi connectivity index (χ2v) is 7.05. The van der Waals surface area contributed by atoms with Gasteiger partial charge in [-0.05, 0) is 36.1 Å². The van der Waals surface area contributed by atoms with E-state index in [1.54, 1.807) is 12.1 Å². The summed E-state index contributed by atoms with van der Waals surface area (Å²) in [5.41, 5.74) is 8.70. The zero-order valence-electron chi connectivity index (χ0n) is 12.2. The minimum Gasteiger partial charge on any atom is -0.397 e. The van der Waals surface area contributed by atoms with E-state index in [0.29, 0.717) is 11.4 Å². The third kappa shape index (κ3) is 4.23. The van der Waals surface area contributed by atoms with E-state index >= 15 is 0 Å². The molecule has 0 spiro atoms. The Balaban J connectivity index is 2.12. The van der Waals surface area contributed by atoms with E-state index in [1.165, 1.54) is 0 Å². The van der Waals surface area contributed by atoms with Crippen molar-refractivity contribution >= 4 is 21.4 Å². The average molecular weight is 304 g/mol. The van der Waals surface area contributed by atoms with Gasteiger partial charge < -0.3 is 5.73 Å². The molecule has 0 saturated carbocycles. The van der Waals surface area contributed by atoms with Crippen molar-refractivity contribution in [3.63, 3.8) is 0 Å². The van der Waals surface area contributed by atoms with Gasteiger partial charge in [0.15, 0.2) is 0 Å². The van der Waals surface area contributed by atoms with Crippen LogP contribution in [0.2, 0.25) is 0 Å². The maximum Gasteiger partial charge on any atom is 0.233 e. The van der Waals surface area contributed by atoms with Crippen molar-refractivity contribution < 1.29 is 8.42 Å². The van der Waals surface area contributed by atoms with Gasteiger partial charge in [0.05, 0.1) is 17.1 Å². The minimum absolute atomic E-state index is 0.0182. The number of hydrogen-bond donors (Lipinski definition) is 2. The summed E-state index contributed by atoms with van der Waals surface area (Å²) >= 11 is 0. The average Bonchev–Trinajstić information content (AvgIpc) is 2.42. The molecule has 0 aliphatic rings. The predicted molar refractivity (Wildman–Crippen MR) is 87.9 cm³/mol. The molecule has 2 aromatic rings. The molecular formula is C16H20N2O2S. The highest BCUT2D eigenvalue weighted by Crippen LogP contribution is 2.23. The van der Waals surface area contributed by atoms with Gasteiger partial charge in [-0.1, -0.05) is 43.3 Å². The van der Waals surface area contributed by atoms with E-state index in [-0.39, 0.29) is 11.7 Å². The molecule has 21 heavy (non-hydrogen) atoms. The van der Waals surface area contributed by atoms with Crippen LogP contribution in [-0.4, -0.2) is 14.2 Å². The number of nitrogens with two attached hydrogens (primary N) is 1. The molecule has 2 aromatic carbocycles. The molecule has 0 amide bonds. The van der Waals surface area contributed by atoms with E-state index in [0.717, 1.165) is 11.1 Å². The summed E-state index contributed by atoms with van der Waals surface area (Å²) in [6.07, 6.45) is 0. The molecule has 0 bridgehead atoms. The normalized spacial score (nSPS) is 12.9.